The van der Waals surface area contributed by atoms with Crippen LogP contribution in [0.4, 0.5) is 0 Å². The van der Waals surface area contributed by atoms with Crippen LogP contribution in [0.2, 0.25) is 0 Å². The second-order valence-electron chi connectivity index (χ2n) is 6.28. The lowest BCUT2D eigenvalue weighted by Gasteiger charge is -2.36. The van der Waals surface area contributed by atoms with Crippen molar-refractivity contribution in [2.24, 2.45) is 5.92 Å². The Balaban J connectivity index is 1.82. The third kappa shape index (κ3) is 4.57. The van der Waals surface area contributed by atoms with E-state index in [9.17, 15) is 4.79 Å². The fraction of sp³-hybridized carbons (Fsp3) is 0.611. The molecule has 1 heterocycles. The summed E-state index contributed by atoms with van der Waals surface area (Å²) in [5.74, 6) is 0.519. The minimum atomic E-state index is 0.179. The number of hydrogen-bond donors (Lipinski definition) is 0. The Kier molecular flexibility index (Phi) is 5.80. The molecule has 0 bridgehead atoms. The lowest BCUT2D eigenvalue weighted by atomic mass is 10.0. The summed E-state index contributed by atoms with van der Waals surface area (Å²) in [4.78, 5) is 16.8. The van der Waals surface area contributed by atoms with Crippen molar-refractivity contribution in [1.82, 2.24) is 9.80 Å². The molecule has 1 aliphatic rings. The Hall–Kier alpha value is -1.35. The average Bonchev–Trinajstić information content (AvgIpc) is 2.47. The molecule has 3 nitrogen and oxygen atoms in total. The van der Waals surface area contributed by atoms with E-state index in [1.54, 1.807) is 0 Å². The van der Waals surface area contributed by atoms with Crippen LogP contribution in [0, 0.1) is 12.8 Å². The first kappa shape index (κ1) is 16.0. The maximum absolute atomic E-state index is 12.3. The van der Waals surface area contributed by atoms with Crippen LogP contribution in [0.5, 0.6) is 0 Å². The smallest absolute Gasteiger partial charge is 0.225 e. The highest BCUT2D eigenvalue weighted by Gasteiger charge is 2.24. The first-order chi connectivity index (χ1) is 10.1. The van der Waals surface area contributed by atoms with Gasteiger partial charge < -0.3 is 4.90 Å². The van der Waals surface area contributed by atoms with Gasteiger partial charge in [-0.25, -0.2) is 0 Å². The van der Waals surface area contributed by atoms with E-state index in [1.807, 2.05) is 4.90 Å². The van der Waals surface area contributed by atoms with Gasteiger partial charge in [-0.3, -0.25) is 9.69 Å². The highest BCUT2D eigenvalue weighted by Crippen LogP contribution is 2.14. The van der Waals surface area contributed by atoms with E-state index in [4.69, 9.17) is 0 Å². The van der Waals surface area contributed by atoms with Gasteiger partial charge >= 0.3 is 0 Å². The van der Waals surface area contributed by atoms with Crippen LogP contribution in [-0.2, 0) is 11.3 Å². The van der Waals surface area contributed by atoms with Crippen LogP contribution >= 0.6 is 0 Å². The number of amides is 1. The van der Waals surface area contributed by atoms with Gasteiger partial charge in [0.05, 0.1) is 0 Å². The summed E-state index contributed by atoms with van der Waals surface area (Å²) in [6, 6.07) is 8.70. The average molecular weight is 288 g/mol. The first-order valence-electron chi connectivity index (χ1n) is 8.17. The van der Waals surface area contributed by atoms with Crippen LogP contribution in [0.15, 0.2) is 24.3 Å². The molecule has 1 atom stereocenters. The van der Waals surface area contributed by atoms with Crippen molar-refractivity contribution < 1.29 is 4.79 Å². The zero-order valence-electron chi connectivity index (χ0n) is 13.6. The van der Waals surface area contributed by atoms with Crippen molar-refractivity contribution in [3.8, 4) is 0 Å². The molecule has 1 unspecified atom stereocenters. The molecule has 0 aliphatic carbocycles. The van der Waals surface area contributed by atoms with E-state index in [0.29, 0.717) is 5.91 Å². The summed E-state index contributed by atoms with van der Waals surface area (Å²) < 4.78 is 0. The maximum atomic E-state index is 12.3. The summed E-state index contributed by atoms with van der Waals surface area (Å²) in [6.07, 6.45) is 2.09. The SMILES string of the molecule is CCCC(C)C(=O)N1CCN(Cc2cccc(C)c2)CC1. The van der Waals surface area contributed by atoms with Crippen LogP contribution < -0.4 is 0 Å². The zero-order chi connectivity index (χ0) is 15.2. The normalized spacial score (nSPS) is 17.8. The molecular weight excluding hydrogens is 260 g/mol. The second kappa shape index (κ2) is 7.60. The van der Waals surface area contributed by atoms with Gasteiger partial charge in [0.1, 0.15) is 0 Å². The molecule has 0 aromatic heterocycles. The molecule has 1 saturated heterocycles. The van der Waals surface area contributed by atoms with Gasteiger partial charge in [-0.1, -0.05) is 50.1 Å². The monoisotopic (exact) mass is 288 g/mol. The van der Waals surface area contributed by atoms with Crippen molar-refractivity contribution in [3.63, 3.8) is 0 Å². The topological polar surface area (TPSA) is 23.6 Å². The minimum absolute atomic E-state index is 0.179. The molecule has 2 rings (SSSR count). The molecule has 1 aliphatic heterocycles. The lowest BCUT2D eigenvalue weighted by molar-refractivity contribution is -0.137. The van der Waals surface area contributed by atoms with Crippen LogP contribution in [0.3, 0.4) is 0 Å². The molecule has 1 amide bonds. The number of carbonyl (C=O) groups is 1. The summed E-state index contributed by atoms with van der Waals surface area (Å²) in [5.41, 5.74) is 2.68. The van der Waals surface area contributed by atoms with E-state index in [2.05, 4.69) is 49.9 Å². The first-order valence-corrected chi connectivity index (χ1v) is 8.17. The van der Waals surface area contributed by atoms with Crippen molar-refractivity contribution >= 4 is 5.91 Å². The van der Waals surface area contributed by atoms with E-state index in [1.165, 1.54) is 11.1 Å². The highest BCUT2D eigenvalue weighted by molar-refractivity contribution is 5.78. The van der Waals surface area contributed by atoms with Gasteiger partial charge in [-0.2, -0.15) is 0 Å². The van der Waals surface area contributed by atoms with Crippen molar-refractivity contribution in [1.29, 1.82) is 0 Å². The van der Waals surface area contributed by atoms with E-state index >= 15 is 0 Å². The quantitative estimate of drug-likeness (QED) is 0.831. The highest BCUT2D eigenvalue weighted by atomic mass is 16.2. The fourth-order valence-corrected chi connectivity index (χ4v) is 3.06. The van der Waals surface area contributed by atoms with Gasteiger partial charge in [-0.05, 0) is 18.9 Å². The van der Waals surface area contributed by atoms with E-state index in [0.717, 1.165) is 45.6 Å². The van der Waals surface area contributed by atoms with Gasteiger partial charge in [0.25, 0.3) is 0 Å². The van der Waals surface area contributed by atoms with Crippen molar-refractivity contribution in [2.45, 2.75) is 40.2 Å². The third-order valence-corrected chi connectivity index (χ3v) is 4.32. The summed E-state index contributed by atoms with van der Waals surface area (Å²) in [7, 11) is 0. The molecule has 0 spiro atoms. The third-order valence-electron chi connectivity index (χ3n) is 4.32. The number of benzene rings is 1. The number of rotatable bonds is 5. The Bertz CT molecular complexity index is 464. The summed E-state index contributed by atoms with van der Waals surface area (Å²) in [6.45, 7) is 11.0. The molecule has 3 heteroatoms. The lowest BCUT2D eigenvalue weighted by Crippen LogP contribution is -2.49. The summed E-state index contributed by atoms with van der Waals surface area (Å²) in [5, 5.41) is 0. The molecule has 0 saturated carbocycles. The Morgan fingerprint density at radius 3 is 2.57 bits per heavy atom. The number of nitrogens with zero attached hydrogens (tertiary/aromatic N) is 2. The molecule has 1 fully saturated rings. The van der Waals surface area contributed by atoms with Gasteiger partial charge in [-0.15, -0.1) is 0 Å². The number of hydrogen-bond acceptors (Lipinski definition) is 2. The molecule has 0 N–H and O–H groups in total. The largest absolute Gasteiger partial charge is 0.340 e. The fourth-order valence-electron chi connectivity index (χ4n) is 3.06. The van der Waals surface area contributed by atoms with E-state index in [-0.39, 0.29) is 5.92 Å². The van der Waals surface area contributed by atoms with Crippen molar-refractivity contribution in [3.05, 3.63) is 35.4 Å². The molecule has 0 radical (unpaired) electrons. The number of carbonyl (C=O) groups excluding carboxylic acids is 1. The Morgan fingerprint density at radius 1 is 1.24 bits per heavy atom. The second-order valence-corrected chi connectivity index (χ2v) is 6.28. The van der Waals surface area contributed by atoms with Crippen LogP contribution in [0.25, 0.3) is 0 Å². The summed E-state index contributed by atoms with van der Waals surface area (Å²) >= 11 is 0. The van der Waals surface area contributed by atoms with Crippen molar-refractivity contribution in [2.75, 3.05) is 26.2 Å². The predicted molar refractivity (Wildman–Crippen MR) is 87.1 cm³/mol. The molecular formula is C18H28N2O. The van der Waals surface area contributed by atoms with Crippen LogP contribution in [-0.4, -0.2) is 41.9 Å². The molecule has 1 aromatic rings. The predicted octanol–water partition coefficient (Wildman–Crippen LogP) is 3.08. The van der Waals surface area contributed by atoms with Gasteiger partial charge in [0.15, 0.2) is 0 Å². The molecule has 21 heavy (non-hydrogen) atoms. The number of aryl methyl sites for hydroxylation is 1. The Morgan fingerprint density at radius 2 is 1.95 bits per heavy atom. The van der Waals surface area contributed by atoms with Gasteiger partial charge in [0, 0.05) is 38.6 Å². The Labute approximate surface area is 128 Å². The zero-order valence-corrected chi connectivity index (χ0v) is 13.6. The number of piperazine rings is 1. The minimum Gasteiger partial charge on any atom is -0.340 e. The molecule has 1 aromatic carbocycles. The maximum Gasteiger partial charge on any atom is 0.225 e. The molecule has 116 valence electrons. The standard InChI is InChI=1S/C18H28N2O/c1-4-6-16(3)18(21)20-11-9-19(10-12-20)14-17-8-5-7-15(2)13-17/h5,7-8,13,16H,4,6,9-12,14H2,1-3H3. The van der Waals surface area contributed by atoms with Gasteiger partial charge in [0.2, 0.25) is 5.91 Å². The van der Waals surface area contributed by atoms with E-state index < -0.39 is 0 Å². The van der Waals surface area contributed by atoms with Crippen LogP contribution in [0.1, 0.15) is 37.8 Å².